The van der Waals surface area contributed by atoms with Gasteiger partial charge < -0.3 is 9.15 Å². The van der Waals surface area contributed by atoms with Gasteiger partial charge in [-0.1, -0.05) is 29.5 Å². The predicted molar refractivity (Wildman–Crippen MR) is 139 cm³/mol. The van der Waals surface area contributed by atoms with Crippen LogP contribution in [-0.4, -0.2) is 31.0 Å². The number of benzene rings is 2. The Kier molecular flexibility index (Phi) is 5.46. The van der Waals surface area contributed by atoms with Crippen LogP contribution in [0.2, 0.25) is 0 Å². The Hall–Kier alpha value is -4.50. The molecule has 0 unspecified atom stereocenters. The van der Waals surface area contributed by atoms with E-state index in [1.54, 1.807) is 18.4 Å². The van der Waals surface area contributed by atoms with Crippen LogP contribution < -0.4 is 14.8 Å². The molecule has 6 rings (SSSR count). The molecular formula is C27H21N5O3S. The van der Waals surface area contributed by atoms with Crippen LogP contribution in [0.3, 0.4) is 0 Å². The largest absolute Gasteiger partial charge is 0.494 e. The number of aromatic nitrogens is 5. The maximum Gasteiger partial charge on any atom is 0.291 e. The summed E-state index contributed by atoms with van der Waals surface area (Å²) in [4.78, 5) is 18.2. The number of thiazole rings is 1. The van der Waals surface area contributed by atoms with E-state index in [9.17, 15) is 4.79 Å². The maximum atomic E-state index is 13.2. The predicted octanol–water partition coefficient (Wildman–Crippen LogP) is 4.52. The molecule has 0 atom stereocenters. The van der Waals surface area contributed by atoms with E-state index in [4.69, 9.17) is 14.3 Å². The Morgan fingerprint density at radius 3 is 2.67 bits per heavy atom. The summed E-state index contributed by atoms with van der Waals surface area (Å²) in [6.45, 7) is 4.58. The van der Waals surface area contributed by atoms with Crippen molar-refractivity contribution in [2.75, 3.05) is 6.61 Å². The number of nitrogens with zero attached hydrogens (tertiary/aromatic N) is 5. The molecule has 0 aliphatic rings. The molecule has 0 spiro atoms. The van der Waals surface area contributed by atoms with Gasteiger partial charge >= 0.3 is 0 Å². The fourth-order valence-corrected chi connectivity index (χ4v) is 4.93. The third-order valence-electron chi connectivity index (χ3n) is 5.72. The van der Waals surface area contributed by atoms with E-state index in [-0.39, 0.29) is 5.56 Å². The summed E-state index contributed by atoms with van der Waals surface area (Å²) in [5.41, 5.74) is 4.22. The highest BCUT2D eigenvalue weighted by Gasteiger charge is 2.16. The summed E-state index contributed by atoms with van der Waals surface area (Å²) in [6, 6.07) is 19.4. The van der Waals surface area contributed by atoms with Gasteiger partial charge in [-0.3, -0.25) is 4.79 Å². The second-order valence-electron chi connectivity index (χ2n) is 8.15. The molecule has 4 aromatic heterocycles. The Bertz CT molecular complexity index is 1780. The summed E-state index contributed by atoms with van der Waals surface area (Å²) in [7, 11) is 0. The minimum atomic E-state index is -0.235. The molecule has 0 aliphatic heterocycles. The third kappa shape index (κ3) is 3.89. The van der Waals surface area contributed by atoms with Gasteiger partial charge in [0.15, 0.2) is 5.76 Å². The smallest absolute Gasteiger partial charge is 0.291 e. The zero-order valence-corrected chi connectivity index (χ0v) is 20.4. The second-order valence-corrected chi connectivity index (χ2v) is 9.16. The van der Waals surface area contributed by atoms with E-state index in [2.05, 4.69) is 16.1 Å². The Morgan fingerprint density at radius 1 is 1.08 bits per heavy atom. The fraction of sp³-hybridized carbons (Fsp3) is 0.111. The molecule has 2 aromatic carbocycles. The molecule has 0 saturated heterocycles. The highest BCUT2D eigenvalue weighted by Crippen LogP contribution is 2.29. The maximum absolute atomic E-state index is 13.2. The third-order valence-corrected chi connectivity index (χ3v) is 6.68. The van der Waals surface area contributed by atoms with Crippen LogP contribution in [-0.2, 0) is 0 Å². The topological polar surface area (TPSA) is 87.4 Å². The highest BCUT2D eigenvalue weighted by atomic mass is 32.1. The van der Waals surface area contributed by atoms with E-state index in [0.717, 1.165) is 33.8 Å². The number of furan rings is 1. The van der Waals surface area contributed by atoms with Crippen molar-refractivity contribution >= 4 is 22.4 Å². The van der Waals surface area contributed by atoms with Crippen LogP contribution in [0.4, 0.5) is 0 Å². The van der Waals surface area contributed by atoms with Crippen molar-refractivity contribution in [1.82, 2.24) is 24.4 Å². The average molecular weight is 496 g/mol. The first-order chi connectivity index (χ1) is 17.6. The van der Waals surface area contributed by atoms with E-state index in [0.29, 0.717) is 27.7 Å². The molecule has 178 valence electrons. The molecule has 9 heteroatoms. The van der Waals surface area contributed by atoms with Crippen molar-refractivity contribution in [1.29, 1.82) is 0 Å². The zero-order chi connectivity index (χ0) is 24.6. The van der Waals surface area contributed by atoms with Gasteiger partial charge in [0.25, 0.3) is 5.56 Å². The molecule has 4 heterocycles. The number of para-hydroxylation sites is 1. The van der Waals surface area contributed by atoms with Gasteiger partial charge in [-0.15, -0.1) is 5.10 Å². The van der Waals surface area contributed by atoms with E-state index < -0.39 is 0 Å². The van der Waals surface area contributed by atoms with Crippen LogP contribution >= 0.6 is 11.3 Å². The molecule has 8 nitrogen and oxygen atoms in total. The van der Waals surface area contributed by atoms with Crippen molar-refractivity contribution < 1.29 is 9.15 Å². The molecule has 36 heavy (non-hydrogen) atoms. The standard InChI is InChI=1S/C27H21N5O3S/c1-3-34-21-12-11-18(14-17(21)2)24-19(16-31(29-24)20-8-5-4-6-9-20)15-23-26(33)32-27(36-23)28-25(30-32)22-10-7-13-35-22/h4-16H,3H2,1-2H3/b23-15-. The van der Waals surface area contributed by atoms with Gasteiger partial charge in [0.2, 0.25) is 10.8 Å². The summed E-state index contributed by atoms with van der Waals surface area (Å²) in [6.07, 6.45) is 5.33. The SMILES string of the molecule is CCOc1ccc(-c2nn(-c3ccccc3)cc2/C=c2\sc3nc(-c4ccco4)nn3c2=O)cc1C. The lowest BCUT2D eigenvalue weighted by molar-refractivity contribution is 0.338. The van der Waals surface area contributed by atoms with Gasteiger partial charge in [-0.25, -0.2) is 4.68 Å². The number of hydrogen-bond donors (Lipinski definition) is 0. The van der Waals surface area contributed by atoms with Crippen LogP contribution in [0.1, 0.15) is 18.1 Å². The quantitative estimate of drug-likeness (QED) is 0.338. The summed E-state index contributed by atoms with van der Waals surface area (Å²) >= 11 is 1.28. The summed E-state index contributed by atoms with van der Waals surface area (Å²) in [5, 5.41) is 9.22. The molecule has 0 fully saturated rings. The van der Waals surface area contributed by atoms with Crippen molar-refractivity contribution in [2.24, 2.45) is 0 Å². The first kappa shape index (κ1) is 22.0. The van der Waals surface area contributed by atoms with Crippen LogP contribution in [0.15, 0.2) is 82.3 Å². The van der Waals surface area contributed by atoms with E-state index in [1.807, 2.05) is 73.3 Å². The van der Waals surface area contributed by atoms with E-state index >= 15 is 0 Å². The van der Waals surface area contributed by atoms with Gasteiger partial charge in [0.05, 0.1) is 23.1 Å². The minimum Gasteiger partial charge on any atom is -0.494 e. The normalized spacial score (nSPS) is 12.0. The Balaban J connectivity index is 1.49. The fourth-order valence-electron chi connectivity index (χ4n) is 4.03. The lowest BCUT2D eigenvalue weighted by atomic mass is 10.0. The zero-order valence-electron chi connectivity index (χ0n) is 19.6. The number of hydrogen-bond acceptors (Lipinski definition) is 7. The van der Waals surface area contributed by atoms with Gasteiger partial charge in [0.1, 0.15) is 11.4 Å². The molecule has 0 N–H and O–H groups in total. The van der Waals surface area contributed by atoms with Crippen molar-refractivity contribution in [3.8, 4) is 34.3 Å². The highest BCUT2D eigenvalue weighted by molar-refractivity contribution is 7.15. The number of ether oxygens (including phenoxy) is 1. The molecular weight excluding hydrogens is 474 g/mol. The number of aryl methyl sites for hydroxylation is 1. The molecule has 0 radical (unpaired) electrons. The average Bonchev–Trinajstić information content (AvgIpc) is 3.68. The van der Waals surface area contributed by atoms with Gasteiger partial charge in [-0.2, -0.15) is 14.6 Å². The first-order valence-corrected chi connectivity index (χ1v) is 12.3. The van der Waals surface area contributed by atoms with Crippen LogP contribution in [0.25, 0.3) is 39.6 Å². The Labute approximate surface area is 209 Å². The van der Waals surface area contributed by atoms with Crippen LogP contribution in [0.5, 0.6) is 5.75 Å². The molecule has 0 bridgehead atoms. The molecule has 0 saturated carbocycles. The van der Waals surface area contributed by atoms with Gasteiger partial charge in [-0.05, 0) is 68.0 Å². The van der Waals surface area contributed by atoms with Crippen LogP contribution in [0, 0.1) is 6.92 Å². The molecule has 0 amide bonds. The van der Waals surface area contributed by atoms with Crippen molar-refractivity contribution in [2.45, 2.75) is 13.8 Å². The number of rotatable bonds is 6. The summed E-state index contributed by atoms with van der Waals surface area (Å²) < 4.78 is 14.7. The van der Waals surface area contributed by atoms with E-state index in [1.165, 1.54) is 15.9 Å². The lowest BCUT2D eigenvalue weighted by Gasteiger charge is -2.08. The molecule has 0 aliphatic carbocycles. The summed E-state index contributed by atoms with van der Waals surface area (Å²) in [5.74, 6) is 1.75. The van der Waals surface area contributed by atoms with Gasteiger partial charge in [0, 0.05) is 17.3 Å². The first-order valence-electron chi connectivity index (χ1n) is 11.4. The minimum absolute atomic E-state index is 0.235. The Morgan fingerprint density at radius 2 is 1.94 bits per heavy atom. The number of fused-ring (bicyclic) bond motifs is 1. The van der Waals surface area contributed by atoms with Crippen molar-refractivity contribution in [3.05, 3.63) is 99.1 Å². The second kappa shape index (κ2) is 8.94. The lowest BCUT2D eigenvalue weighted by Crippen LogP contribution is -2.23. The monoisotopic (exact) mass is 495 g/mol. The molecule has 6 aromatic rings. The van der Waals surface area contributed by atoms with Crippen molar-refractivity contribution in [3.63, 3.8) is 0 Å².